The highest BCUT2D eigenvalue weighted by atomic mass is 127. The van der Waals surface area contributed by atoms with Gasteiger partial charge >= 0.3 is 0 Å². The Morgan fingerprint density at radius 1 is 1.16 bits per heavy atom. The van der Waals surface area contributed by atoms with Gasteiger partial charge < -0.3 is 25.0 Å². The minimum atomic E-state index is 0. The Morgan fingerprint density at radius 2 is 1.84 bits per heavy atom. The number of aliphatic imine (C=N–C) groups is 1. The van der Waals surface area contributed by atoms with E-state index in [0.717, 1.165) is 51.1 Å². The van der Waals surface area contributed by atoms with Gasteiger partial charge in [0.2, 0.25) is 0 Å². The number of thiophene rings is 1. The van der Waals surface area contributed by atoms with Crippen molar-refractivity contribution in [3.05, 3.63) is 52.2 Å². The Labute approximate surface area is 213 Å². The van der Waals surface area contributed by atoms with E-state index in [2.05, 4.69) is 69.2 Å². The molecule has 0 aliphatic carbocycles. The second-order valence-corrected chi connectivity index (χ2v) is 8.75. The first-order chi connectivity index (χ1) is 15.1. The second kappa shape index (κ2) is 14.0. The van der Waals surface area contributed by atoms with E-state index in [1.165, 1.54) is 10.4 Å². The number of rotatable bonds is 9. The van der Waals surface area contributed by atoms with E-state index < -0.39 is 0 Å². The number of nitrogens with zero attached hydrogens (tertiary/aromatic N) is 3. The fraction of sp³-hybridized carbons (Fsp3) is 0.522. The lowest BCUT2D eigenvalue weighted by atomic mass is 10.0. The number of nitrogens with one attached hydrogen (secondary N) is 2. The Hall–Kier alpha value is -1.40. The average molecular weight is 574 g/mol. The lowest BCUT2D eigenvalue weighted by molar-refractivity contribution is 0.0170. The standard InChI is InChI=1S/C23H35N5O2S.HI/c1-24-23(26-17-21(27(2)3)22-6-5-15-31-22)25-16-20(28-11-13-30-14-12-28)18-7-9-19(29-4)10-8-18;/h5-10,15,20-21H,11-14,16-17H2,1-4H3,(H2,24,25,26);1H. The van der Waals surface area contributed by atoms with Crippen molar-refractivity contribution in [2.24, 2.45) is 4.99 Å². The summed E-state index contributed by atoms with van der Waals surface area (Å²) < 4.78 is 10.9. The van der Waals surface area contributed by atoms with Crippen molar-refractivity contribution in [3.8, 4) is 5.75 Å². The van der Waals surface area contributed by atoms with Crippen LogP contribution in [0.3, 0.4) is 0 Å². The van der Waals surface area contributed by atoms with Crippen LogP contribution in [-0.2, 0) is 4.74 Å². The monoisotopic (exact) mass is 573 g/mol. The number of benzene rings is 1. The highest BCUT2D eigenvalue weighted by Gasteiger charge is 2.23. The zero-order valence-corrected chi connectivity index (χ0v) is 22.6. The van der Waals surface area contributed by atoms with Crippen molar-refractivity contribution < 1.29 is 9.47 Å². The first kappa shape index (κ1) is 26.8. The lowest BCUT2D eigenvalue weighted by Crippen LogP contribution is -2.47. The van der Waals surface area contributed by atoms with Crippen molar-refractivity contribution in [1.82, 2.24) is 20.4 Å². The molecule has 1 aromatic heterocycles. The summed E-state index contributed by atoms with van der Waals surface area (Å²) >= 11 is 1.79. The lowest BCUT2D eigenvalue weighted by Gasteiger charge is -2.35. The largest absolute Gasteiger partial charge is 0.497 e. The molecule has 1 saturated heterocycles. The summed E-state index contributed by atoms with van der Waals surface area (Å²) in [5.41, 5.74) is 1.26. The molecule has 0 spiro atoms. The number of methoxy groups -OCH3 is 1. The zero-order chi connectivity index (χ0) is 22.1. The van der Waals surface area contributed by atoms with Gasteiger partial charge in [0.25, 0.3) is 0 Å². The van der Waals surface area contributed by atoms with Crippen LogP contribution in [0.25, 0.3) is 0 Å². The molecule has 1 aliphatic heterocycles. The van der Waals surface area contributed by atoms with Crippen LogP contribution in [0.4, 0.5) is 0 Å². The second-order valence-electron chi connectivity index (χ2n) is 7.77. The first-order valence-electron chi connectivity index (χ1n) is 10.7. The number of guanidine groups is 1. The zero-order valence-electron chi connectivity index (χ0n) is 19.4. The average Bonchev–Trinajstić information content (AvgIpc) is 3.33. The molecule has 2 unspecified atom stereocenters. The molecule has 0 bridgehead atoms. The molecule has 2 N–H and O–H groups in total. The van der Waals surface area contributed by atoms with Gasteiger partial charge in [-0.25, -0.2) is 0 Å². The third-order valence-corrected chi connectivity index (χ3v) is 6.60. The fourth-order valence-corrected chi connectivity index (χ4v) is 4.72. The predicted octanol–water partition coefficient (Wildman–Crippen LogP) is 3.22. The molecular weight excluding hydrogens is 537 g/mol. The van der Waals surface area contributed by atoms with Gasteiger partial charge in [-0.3, -0.25) is 9.89 Å². The molecule has 0 saturated carbocycles. The fourth-order valence-electron chi connectivity index (χ4n) is 3.80. The molecule has 9 heteroatoms. The minimum Gasteiger partial charge on any atom is -0.497 e. The normalized spacial score (nSPS) is 16.8. The third kappa shape index (κ3) is 7.58. The van der Waals surface area contributed by atoms with Gasteiger partial charge in [-0.2, -0.15) is 0 Å². The Bertz CT molecular complexity index is 795. The third-order valence-electron chi connectivity index (χ3n) is 5.63. The summed E-state index contributed by atoms with van der Waals surface area (Å²) in [6.45, 7) is 4.93. The summed E-state index contributed by atoms with van der Waals surface area (Å²) in [4.78, 5) is 10.5. The molecule has 0 amide bonds. The van der Waals surface area contributed by atoms with E-state index in [-0.39, 0.29) is 30.0 Å². The van der Waals surface area contributed by atoms with E-state index >= 15 is 0 Å². The van der Waals surface area contributed by atoms with Gasteiger partial charge in [-0.15, -0.1) is 35.3 Å². The van der Waals surface area contributed by atoms with Crippen molar-refractivity contribution in [1.29, 1.82) is 0 Å². The molecule has 1 fully saturated rings. The van der Waals surface area contributed by atoms with E-state index in [1.807, 2.05) is 19.2 Å². The molecular formula is C23H36IN5O2S. The smallest absolute Gasteiger partial charge is 0.191 e. The number of ether oxygens (including phenoxy) is 2. The van der Waals surface area contributed by atoms with E-state index in [1.54, 1.807) is 18.4 Å². The first-order valence-corrected chi connectivity index (χ1v) is 11.6. The van der Waals surface area contributed by atoms with Crippen LogP contribution in [0.1, 0.15) is 22.5 Å². The highest BCUT2D eigenvalue weighted by Crippen LogP contribution is 2.24. The summed E-state index contributed by atoms with van der Waals surface area (Å²) in [6, 6.07) is 13.2. The topological polar surface area (TPSA) is 61.4 Å². The van der Waals surface area contributed by atoms with Crippen LogP contribution in [0.15, 0.2) is 46.8 Å². The van der Waals surface area contributed by atoms with Crippen molar-refractivity contribution in [2.75, 3.05) is 67.6 Å². The van der Waals surface area contributed by atoms with Gasteiger partial charge in [0.15, 0.2) is 5.96 Å². The number of halogens is 1. The van der Waals surface area contributed by atoms with Gasteiger partial charge in [0.1, 0.15) is 5.75 Å². The van der Waals surface area contributed by atoms with Crippen LogP contribution in [-0.4, -0.2) is 83.4 Å². The molecule has 178 valence electrons. The van der Waals surface area contributed by atoms with E-state index in [9.17, 15) is 0 Å². The molecule has 2 heterocycles. The summed E-state index contributed by atoms with van der Waals surface area (Å²) in [6.07, 6.45) is 0. The van der Waals surface area contributed by atoms with Crippen LogP contribution in [0.5, 0.6) is 5.75 Å². The molecule has 2 atom stereocenters. The van der Waals surface area contributed by atoms with Gasteiger partial charge in [0.05, 0.1) is 32.4 Å². The van der Waals surface area contributed by atoms with Crippen molar-refractivity contribution in [3.63, 3.8) is 0 Å². The maximum atomic E-state index is 5.57. The number of hydrogen-bond donors (Lipinski definition) is 2. The summed E-state index contributed by atoms with van der Waals surface area (Å²) in [7, 11) is 7.74. The van der Waals surface area contributed by atoms with Crippen LogP contribution >= 0.6 is 35.3 Å². The SMILES string of the molecule is CN=C(NCC(c1cccs1)N(C)C)NCC(c1ccc(OC)cc1)N1CCOCC1.I. The Balaban J connectivity index is 0.00000363. The van der Waals surface area contributed by atoms with Gasteiger partial charge in [0, 0.05) is 38.1 Å². The maximum Gasteiger partial charge on any atom is 0.191 e. The summed E-state index contributed by atoms with van der Waals surface area (Å²) in [5, 5.41) is 9.18. The molecule has 1 aliphatic rings. The Morgan fingerprint density at radius 3 is 2.41 bits per heavy atom. The van der Waals surface area contributed by atoms with Crippen LogP contribution < -0.4 is 15.4 Å². The van der Waals surface area contributed by atoms with E-state index in [0.29, 0.717) is 6.04 Å². The van der Waals surface area contributed by atoms with Crippen molar-refractivity contribution in [2.45, 2.75) is 12.1 Å². The Kier molecular flexibility index (Phi) is 11.7. The van der Waals surface area contributed by atoms with Gasteiger partial charge in [-0.1, -0.05) is 18.2 Å². The minimum absolute atomic E-state index is 0. The molecule has 1 aromatic carbocycles. The molecule has 7 nitrogen and oxygen atoms in total. The van der Waals surface area contributed by atoms with Crippen LogP contribution in [0, 0.1) is 0 Å². The van der Waals surface area contributed by atoms with Crippen LogP contribution in [0.2, 0.25) is 0 Å². The van der Waals surface area contributed by atoms with Crippen molar-refractivity contribution >= 4 is 41.3 Å². The molecule has 2 aromatic rings. The number of morpholine rings is 1. The highest BCUT2D eigenvalue weighted by molar-refractivity contribution is 14.0. The van der Waals surface area contributed by atoms with E-state index in [4.69, 9.17) is 9.47 Å². The molecule has 32 heavy (non-hydrogen) atoms. The number of likely N-dealkylation sites (N-methyl/N-ethyl adjacent to an activating group) is 1. The quantitative estimate of drug-likeness (QED) is 0.273. The predicted molar refractivity (Wildman–Crippen MR) is 144 cm³/mol. The number of hydrogen-bond acceptors (Lipinski definition) is 6. The molecule has 0 radical (unpaired) electrons. The maximum absolute atomic E-state index is 5.57. The van der Waals surface area contributed by atoms with Gasteiger partial charge in [-0.05, 0) is 43.2 Å². The molecule has 3 rings (SSSR count). The summed E-state index contributed by atoms with van der Waals surface area (Å²) in [5.74, 6) is 1.69.